The zero-order valence-corrected chi connectivity index (χ0v) is 10.5. The summed E-state index contributed by atoms with van der Waals surface area (Å²) in [5.41, 5.74) is -0.240. The number of hydrogen-bond acceptors (Lipinski definition) is 5. The minimum atomic E-state index is -1.17. The van der Waals surface area contributed by atoms with Crippen molar-refractivity contribution in [1.29, 1.82) is 0 Å². The highest BCUT2D eigenvalue weighted by molar-refractivity contribution is 8.01. The molecule has 0 aliphatic heterocycles. The van der Waals surface area contributed by atoms with Gasteiger partial charge in [0, 0.05) is 6.07 Å². The third-order valence-electron chi connectivity index (χ3n) is 2.12. The van der Waals surface area contributed by atoms with Crippen LogP contribution in [0.15, 0.2) is 44.8 Å². The third-order valence-corrected chi connectivity index (χ3v) is 4.29. The summed E-state index contributed by atoms with van der Waals surface area (Å²) in [7, 11) is 0. The summed E-state index contributed by atoms with van der Waals surface area (Å²) < 4.78 is 0.812. The van der Waals surface area contributed by atoms with Crippen molar-refractivity contribution in [2.75, 3.05) is 0 Å². The molecule has 2 rings (SSSR count). The van der Waals surface area contributed by atoms with Crippen LogP contribution in [-0.4, -0.2) is 16.0 Å². The molecular weight excluding hydrogens is 274 g/mol. The fourth-order valence-electron chi connectivity index (χ4n) is 1.37. The van der Waals surface area contributed by atoms with Gasteiger partial charge >= 0.3 is 5.97 Å². The summed E-state index contributed by atoms with van der Waals surface area (Å²) in [4.78, 5) is 21.6. The van der Waals surface area contributed by atoms with Crippen LogP contribution in [0.2, 0.25) is 0 Å². The standard InChI is InChI=1S/C11H7NO4S2/c13-11(14)7-3-1-4-8(12(15)16)10(7)18-9-5-2-6-17-9/h1-6H,(H,13,14). The Hall–Kier alpha value is -1.86. The van der Waals surface area contributed by atoms with Gasteiger partial charge in [-0.05, 0) is 17.5 Å². The maximum Gasteiger partial charge on any atom is 0.337 e. The summed E-state index contributed by atoms with van der Waals surface area (Å²) in [5, 5.41) is 21.8. The van der Waals surface area contributed by atoms with E-state index in [1.165, 1.54) is 29.5 Å². The molecule has 1 heterocycles. The van der Waals surface area contributed by atoms with Gasteiger partial charge in [-0.15, -0.1) is 11.3 Å². The number of carboxylic acid groups (broad SMARTS) is 1. The first-order valence-electron chi connectivity index (χ1n) is 4.81. The van der Waals surface area contributed by atoms with Crippen LogP contribution in [0.3, 0.4) is 0 Å². The molecule has 0 aliphatic rings. The average molecular weight is 281 g/mol. The van der Waals surface area contributed by atoms with Crippen LogP contribution >= 0.6 is 23.1 Å². The van der Waals surface area contributed by atoms with Crippen molar-refractivity contribution in [1.82, 2.24) is 0 Å². The molecule has 0 unspecified atom stereocenters. The van der Waals surface area contributed by atoms with E-state index in [4.69, 9.17) is 5.11 Å². The van der Waals surface area contributed by atoms with E-state index >= 15 is 0 Å². The Labute approximate surface area is 110 Å². The van der Waals surface area contributed by atoms with Crippen LogP contribution in [0.5, 0.6) is 0 Å². The Balaban J connectivity index is 2.53. The van der Waals surface area contributed by atoms with Gasteiger partial charge in [0.15, 0.2) is 0 Å². The van der Waals surface area contributed by atoms with E-state index in [-0.39, 0.29) is 16.1 Å². The van der Waals surface area contributed by atoms with Crippen molar-refractivity contribution < 1.29 is 14.8 Å². The fraction of sp³-hybridized carbons (Fsp3) is 0. The molecule has 0 saturated heterocycles. The quantitative estimate of drug-likeness (QED) is 0.685. The largest absolute Gasteiger partial charge is 0.478 e. The minimum absolute atomic E-state index is 0.0531. The zero-order chi connectivity index (χ0) is 13.1. The zero-order valence-electron chi connectivity index (χ0n) is 8.90. The molecule has 1 aromatic heterocycles. The van der Waals surface area contributed by atoms with E-state index in [2.05, 4.69) is 0 Å². The van der Waals surface area contributed by atoms with E-state index in [0.717, 1.165) is 16.0 Å². The molecule has 0 saturated carbocycles. The predicted octanol–water partition coefficient (Wildman–Crippen LogP) is 3.51. The van der Waals surface area contributed by atoms with Crippen molar-refractivity contribution in [2.45, 2.75) is 9.10 Å². The maximum absolute atomic E-state index is 11.1. The van der Waals surface area contributed by atoms with Crippen LogP contribution in [0.1, 0.15) is 10.4 Å². The van der Waals surface area contributed by atoms with Gasteiger partial charge in [0.05, 0.1) is 14.7 Å². The van der Waals surface area contributed by atoms with E-state index < -0.39 is 10.9 Å². The first-order valence-corrected chi connectivity index (χ1v) is 6.51. The lowest BCUT2D eigenvalue weighted by molar-refractivity contribution is -0.387. The molecule has 0 spiro atoms. The number of carbonyl (C=O) groups is 1. The molecule has 0 amide bonds. The average Bonchev–Trinajstić information content (AvgIpc) is 2.81. The van der Waals surface area contributed by atoms with Gasteiger partial charge in [-0.2, -0.15) is 0 Å². The van der Waals surface area contributed by atoms with Gasteiger partial charge in [-0.1, -0.05) is 23.9 Å². The summed E-state index contributed by atoms with van der Waals surface area (Å²) in [6, 6.07) is 7.65. The molecule has 7 heteroatoms. The van der Waals surface area contributed by atoms with Gasteiger partial charge in [-0.25, -0.2) is 4.79 Å². The summed E-state index contributed by atoms with van der Waals surface area (Å²) >= 11 is 2.51. The van der Waals surface area contributed by atoms with E-state index in [1.54, 1.807) is 6.07 Å². The normalized spacial score (nSPS) is 10.2. The van der Waals surface area contributed by atoms with Crippen LogP contribution in [0.4, 0.5) is 5.69 Å². The molecule has 18 heavy (non-hydrogen) atoms. The smallest absolute Gasteiger partial charge is 0.337 e. The van der Waals surface area contributed by atoms with Crippen molar-refractivity contribution in [3.05, 3.63) is 51.4 Å². The Kier molecular flexibility index (Phi) is 3.63. The molecular formula is C11H7NO4S2. The number of nitro groups is 1. The Morgan fingerprint density at radius 2 is 2.11 bits per heavy atom. The van der Waals surface area contributed by atoms with Crippen LogP contribution in [0.25, 0.3) is 0 Å². The molecule has 0 radical (unpaired) electrons. The van der Waals surface area contributed by atoms with Gasteiger partial charge < -0.3 is 5.11 Å². The fourth-order valence-corrected chi connectivity index (χ4v) is 3.28. The van der Waals surface area contributed by atoms with E-state index in [9.17, 15) is 14.9 Å². The Bertz CT molecular complexity index is 563. The number of thiophene rings is 1. The number of carboxylic acids is 1. The van der Waals surface area contributed by atoms with Crippen molar-refractivity contribution >= 4 is 34.8 Å². The monoisotopic (exact) mass is 281 g/mol. The first kappa shape index (κ1) is 12.6. The molecule has 1 aromatic carbocycles. The summed E-state index contributed by atoms with van der Waals surface area (Å²) in [6.07, 6.45) is 0. The highest BCUT2D eigenvalue weighted by Crippen LogP contribution is 2.39. The minimum Gasteiger partial charge on any atom is -0.478 e. The van der Waals surface area contributed by atoms with Crippen LogP contribution in [-0.2, 0) is 0 Å². The summed E-state index contributed by atoms with van der Waals surface area (Å²) in [5.74, 6) is -1.17. The molecule has 0 atom stereocenters. The first-order chi connectivity index (χ1) is 8.59. The predicted molar refractivity (Wildman–Crippen MR) is 68.5 cm³/mol. The highest BCUT2D eigenvalue weighted by atomic mass is 32.2. The summed E-state index contributed by atoms with van der Waals surface area (Å²) in [6.45, 7) is 0. The molecule has 92 valence electrons. The van der Waals surface area contributed by atoms with Crippen LogP contribution < -0.4 is 0 Å². The molecule has 1 N–H and O–H groups in total. The number of nitrogens with zero attached hydrogens (tertiary/aromatic N) is 1. The molecule has 2 aromatic rings. The van der Waals surface area contributed by atoms with Gasteiger partial charge in [0.2, 0.25) is 0 Å². The SMILES string of the molecule is O=C(O)c1cccc([N+](=O)[O-])c1Sc1cccs1. The third kappa shape index (κ3) is 2.52. The van der Waals surface area contributed by atoms with E-state index in [0.29, 0.717) is 0 Å². The number of nitro benzene ring substituents is 1. The van der Waals surface area contributed by atoms with Gasteiger partial charge in [0.1, 0.15) is 4.90 Å². The maximum atomic E-state index is 11.1. The highest BCUT2D eigenvalue weighted by Gasteiger charge is 2.22. The number of aromatic carboxylic acids is 1. The molecule has 0 bridgehead atoms. The molecule has 0 aliphatic carbocycles. The van der Waals surface area contributed by atoms with Crippen molar-refractivity contribution in [2.24, 2.45) is 0 Å². The topological polar surface area (TPSA) is 80.4 Å². The lowest BCUT2D eigenvalue weighted by Crippen LogP contribution is -2.01. The second-order valence-electron chi connectivity index (χ2n) is 3.25. The lowest BCUT2D eigenvalue weighted by Gasteiger charge is -2.04. The number of hydrogen-bond donors (Lipinski definition) is 1. The molecule has 0 fully saturated rings. The van der Waals surface area contributed by atoms with Crippen molar-refractivity contribution in [3.8, 4) is 0 Å². The van der Waals surface area contributed by atoms with E-state index in [1.807, 2.05) is 11.4 Å². The number of benzene rings is 1. The second kappa shape index (κ2) is 5.19. The van der Waals surface area contributed by atoms with Gasteiger partial charge in [-0.3, -0.25) is 10.1 Å². The Morgan fingerprint density at radius 3 is 2.67 bits per heavy atom. The Morgan fingerprint density at radius 1 is 1.33 bits per heavy atom. The lowest BCUT2D eigenvalue weighted by atomic mass is 10.2. The number of rotatable bonds is 4. The van der Waals surface area contributed by atoms with Gasteiger partial charge in [0.25, 0.3) is 5.69 Å². The second-order valence-corrected chi connectivity index (χ2v) is 5.51. The van der Waals surface area contributed by atoms with Crippen LogP contribution in [0, 0.1) is 10.1 Å². The molecule has 5 nitrogen and oxygen atoms in total. The van der Waals surface area contributed by atoms with Crippen molar-refractivity contribution in [3.63, 3.8) is 0 Å².